The lowest BCUT2D eigenvalue weighted by Crippen LogP contribution is -2.34. The molecule has 0 spiro atoms. The number of benzene rings is 1. The van der Waals surface area contributed by atoms with Gasteiger partial charge in [0.15, 0.2) is 0 Å². The van der Waals surface area contributed by atoms with Gasteiger partial charge in [-0.15, -0.1) is 0 Å². The molecule has 0 saturated carbocycles. The highest BCUT2D eigenvalue weighted by atomic mass is 16.4. The van der Waals surface area contributed by atoms with Crippen molar-refractivity contribution in [3.05, 3.63) is 53.1 Å². The van der Waals surface area contributed by atoms with Crippen molar-refractivity contribution in [1.82, 2.24) is 14.5 Å². The summed E-state index contributed by atoms with van der Waals surface area (Å²) in [6, 6.07) is 7.43. The van der Waals surface area contributed by atoms with Crippen molar-refractivity contribution in [2.24, 2.45) is 5.92 Å². The molecule has 0 radical (unpaired) electrons. The van der Waals surface area contributed by atoms with Crippen molar-refractivity contribution in [3.8, 4) is 0 Å². The van der Waals surface area contributed by atoms with E-state index >= 15 is 0 Å². The molecule has 0 atom stereocenters. The van der Waals surface area contributed by atoms with E-state index in [1.54, 1.807) is 12.1 Å². The molecule has 1 aromatic carbocycles. The van der Waals surface area contributed by atoms with Gasteiger partial charge in [0, 0.05) is 25.7 Å². The summed E-state index contributed by atoms with van der Waals surface area (Å²) >= 11 is 0. The van der Waals surface area contributed by atoms with Crippen molar-refractivity contribution in [2.45, 2.75) is 45.2 Å². The van der Waals surface area contributed by atoms with Crippen LogP contribution in [0.3, 0.4) is 0 Å². The average Bonchev–Trinajstić information content (AvgIpc) is 3.22. The zero-order valence-corrected chi connectivity index (χ0v) is 14.5. The van der Waals surface area contributed by atoms with Gasteiger partial charge in [0.25, 0.3) is 0 Å². The number of aryl methyl sites for hydroxylation is 1. The molecule has 2 aliphatic heterocycles. The summed E-state index contributed by atoms with van der Waals surface area (Å²) < 4.78 is 2.38. The molecule has 1 aromatic heterocycles. The van der Waals surface area contributed by atoms with Crippen molar-refractivity contribution in [1.29, 1.82) is 0 Å². The minimum absolute atomic E-state index is 0.458. The lowest BCUT2D eigenvalue weighted by atomic mass is 9.88. The number of rotatable bonds is 5. The molecule has 1 fully saturated rings. The molecule has 25 heavy (non-hydrogen) atoms. The van der Waals surface area contributed by atoms with Crippen molar-refractivity contribution in [2.75, 3.05) is 13.1 Å². The first-order chi connectivity index (χ1) is 12.2. The second-order valence-corrected chi connectivity index (χ2v) is 7.31. The van der Waals surface area contributed by atoms with Crippen LogP contribution in [0.2, 0.25) is 0 Å². The van der Waals surface area contributed by atoms with E-state index in [0.717, 1.165) is 57.4 Å². The molecule has 0 amide bonds. The largest absolute Gasteiger partial charge is 0.478 e. The Hall–Kier alpha value is -2.14. The van der Waals surface area contributed by atoms with Gasteiger partial charge in [-0.1, -0.05) is 18.2 Å². The predicted molar refractivity (Wildman–Crippen MR) is 95.7 cm³/mol. The molecule has 5 heteroatoms. The maximum Gasteiger partial charge on any atom is 0.335 e. The van der Waals surface area contributed by atoms with E-state index in [0.29, 0.717) is 11.5 Å². The van der Waals surface area contributed by atoms with E-state index in [4.69, 9.17) is 0 Å². The standard InChI is InChI=1S/C20H25N3O2/c24-20(25)18-5-2-1-4-16(18)12-15-7-10-22(11-8-15)14-17-13-21-19-6-3-9-23(17)19/h1-2,4-5,13,15H,3,6-12,14H2,(H,24,25). The van der Waals surface area contributed by atoms with Crippen molar-refractivity contribution < 1.29 is 9.90 Å². The highest BCUT2D eigenvalue weighted by molar-refractivity contribution is 5.89. The number of nitrogens with zero attached hydrogens (tertiary/aromatic N) is 3. The maximum atomic E-state index is 11.4. The Morgan fingerprint density at radius 3 is 2.80 bits per heavy atom. The van der Waals surface area contributed by atoms with Gasteiger partial charge in [-0.05, 0) is 56.3 Å². The van der Waals surface area contributed by atoms with E-state index in [1.807, 2.05) is 18.3 Å². The molecule has 5 nitrogen and oxygen atoms in total. The first kappa shape index (κ1) is 16.3. The molecule has 132 valence electrons. The molecule has 1 saturated heterocycles. The number of carboxylic acids is 1. The Kier molecular flexibility index (Phi) is 4.57. The number of likely N-dealkylation sites (tertiary alicyclic amines) is 1. The van der Waals surface area contributed by atoms with Gasteiger partial charge in [-0.3, -0.25) is 4.90 Å². The summed E-state index contributed by atoms with van der Waals surface area (Å²) in [5.74, 6) is 1.01. The number of imidazole rings is 1. The van der Waals surface area contributed by atoms with Crippen molar-refractivity contribution in [3.63, 3.8) is 0 Å². The Balaban J connectivity index is 1.33. The highest BCUT2D eigenvalue weighted by Gasteiger charge is 2.23. The number of hydrogen-bond acceptors (Lipinski definition) is 3. The van der Waals surface area contributed by atoms with E-state index < -0.39 is 5.97 Å². The minimum atomic E-state index is -0.817. The number of piperidine rings is 1. The van der Waals surface area contributed by atoms with Crippen LogP contribution in [0, 0.1) is 5.92 Å². The van der Waals surface area contributed by atoms with Crippen LogP contribution >= 0.6 is 0 Å². The molecular formula is C20H25N3O2. The van der Waals surface area contributed by atoms with Gasteiger partial charge < -0.3 is 9.67 Å². The third kappa shape index (κ3) is 3.47. The van der Waals surface area contributed by atoms with Gasteiger partial charge in [0.2, 0.25) is 0 Å². The van der Waals surface area contributed by atoms with Crippen LogP contribution in [-0.4, -0.2) is 38.6 Å². The Morgan fingerprint density at radius 1 is 1.20 bits per heavy atom. The topological polar surface area (TPSA) is 58.4 Å². The summed E-state index contributed by atoms with van der Waals surface area (Å²) in [5.41, 5.74) is 2.78. The first-order valence-corrected chi connectivity index (χ1v) is 9.27. The number of carboxylic acid groups (broad SMARTS) is 1. The molecule has 0 bridgehead atoms. The molecule has 0 unspecified atom stereocenters. The van der Waals surface area contributed by atoms with Crippen LogP contribution in [-0.2, 0) is 25.9 Å². The summed E-state index contributed by atoms with van der Waals surface area (Å²) in [6.07, 6.45) is 7.53. The number of hydrogen-bond donors (Lipinski definition) is 1. The lowest BCUT2D eigenvalue weighted by Gasteiger charge is -2.32. The van der Waals surface area contributed by atoms with E-state index in [-0.39, 0.29) is 0 Å². The quantitative estimate of drug-likeness (QED) is 0.910. The van der Waals surface area contributed by atoms with Crippen LogP contribution in [0.1, 0.15) is 46.7 Å². The Bertz CT molecular complexity index is 760. The van der Waals surface area contributed by atoms with Gasteiger partial charge in [0.05, 0.1) is 11.3 Å². The van der Waals surface area contributed by atoms with Crippen LogP contribution < -0.4 is 0 Å². The number of aromatic carboxylic acids is 1. The monoisotopic (exact) mass is 339 g/mol. The van der Waals surface area contributed by atoms with Crippen LogP contribution in [0.25, 0.3) is 0 Å². The Morgan fingerprint density at radius 2 is 2.00 bits per heavy atom. The van der Waals surface area contributed by atoms with E-state index in [1.165, 1.54) is 17.9 Å². The van der Waals surface area contributed by atoms with Gasteiger partial charge in [-0.2, -0.15) is 0 Å². The Labute approximate surface area is 148 Å². The lowest BCUT2D eigenvalue weighted by molar-refractivity contribution is 0.0695. The fraction of sp³-hybridized carbons (Fsp3) is 0.500. The van der Waals surface area contributed by atoms with E-state index in [9.17, 15) is 9.90 Å². The smallest absolute Gasteiger partial charge is 0.335 e. The van der Waals surface area contributed by atoms with E-state index in [2.05, 4.69) is 14.5 Å². The van der Waals surface area contributed by atoms with Crippen LogP contribution in [0.4, 0.5) is 0 Å². The fourth-order valence-corrected chi connectivity index (χ4v) is 4.24. The fourth-order valence-electron chi connectivity index (χ4n) is 4.24. The predicted octanol–water partition coefficient (Wildman–Crippen LogP) is 2.98. The zero-order valence-electron chi connectivity index (χ0n) is 14.5. The number of carbonyl (C=O) groups is 1. The number of aromatic nitrogens is 2. The molecule has 3 heterocycles. The van der Waals surface area contributed by atoms with Gasteiger partial charge in [0.1, 0.15) is 5.82 Å². The van der Waals surface area contributed by atoms with Gasteiger partial charge >= 0.3 is 5.97 Å². The average molecular weight is 339 g/mol. The molecule has 0 aliphatic carbocycles. The second kappa shape index (κ2) is 7.00. The SMILES string of the molecule is O=C(O)c1ccccc1CC1CCN(Cc2cnc3n2CCC3)CC1. The second-order valence-electron chi connectivity index (χ2n) is 7.31. The molecule has 2 aliphatic rings. The maximum absolute atomic E-state index is 11.4. The summed E-state index contributed by atoms with van der Waals surface area (Å²) in [4.78, 5) is 18.4. The zero-order chi connectivity index (χ0) is 17.2. The summed E-state index contributed by atoms with van der Waals surface area (Å²) in [7, 11) is 0. The molecule has 4 rings (SSSR count). The van der Waals surface area contributed by atoms with Gasteiger partial charge in [-0.25, -0.2) is 9.78 Å². The van der Waals surface area contributed by atoms with Crippen LogP contribution in [0.5, 0.6) is 0 Å². The minimum Gasteiger partial charge on any atom is -0.478 e. The summed E-state index contributed by atoms with van der Waals surface area (Å²) in [5, 5.41) is 9.34. The molecule has 2 aromatic rings. The van der Waals surface area contributed by atoms with Crippen LogP contribution in [0.15, 0.2) is 30.5 Å². The highest BCUT2D eigenvalue weighted by Crippen LogP contribution is 2.25. The molecule has 1 N–H and O–H groups in total. The third-order valence-corrected chi connectivity index (χ3v) is 5.65. The molecular weight excluding hydrogens is 314 g/mol. The third-order valence-electron chi connectivity index (χ3n) is 5.65. The first-order valence-electron chi connectivity index (χ1n) is 9.27. The van der Waals surface area contributed by atoms with Crippen molar-refractivity contribution >= 4 is 5.97 Å². The normalized spacial score (nSPS) is 18.4. The number of fused-ring (bicyclic) bond motifs is 1. The summed E-state index contributed by atoms with van der Waals surface area (Å²) in [6.45, 7) is 4.28.